The van der Waals surface area contributed by atoms with E-state index in [4.69, 9.17) is 0 Å². The van der Waals surface area contributed by atoms with Crippen molar-refractivity contribution in [2.75, 3.05) is 13.1 Å². The van der Waals surface area contributed by atoms with Crippen LogP contribution in [0.5, 0.6) is 0 Å². The average molecular weight is 248 g/mol. The first-order chi connectivity index (χ1) is 8.81. The van der Waals surface area contributed by atoms with E-state index in [2.05, 4.69) is 15.7 Å². The maximum absolute atomic E-state index is 11.9. The Balaban J connectivity index is 1.49. The first-order valence-electron chi connectivity index (χ1n) is 6.79. The zero-order valence-electron chi connectivity index (χ0n) is 10.5. The van der Waals surface area contributed by atoms with Crippen molar-refractivity contribution in [1.82, 2.24) is 20.4 Å². The van der Waals surface area contributed by atoms with Gasteiger partial charge < -0.3 is 10.6 Å². The molecule has 2 fully saturated rings. The predicted octanol–water partition coefficient (Wildman–Crippen LogP) is 0.387. The van der Waals surface area contributed by atoms with Crippen molar-refractivity contribution in [3.05, 3.63) is 18.5 Å². The van der Waals surface area contributed by atoms with Crippen molar-refractivity contribution in [3.63, 3.8) is 0 Å². The first-order valence-corrected chi connectivity index (χ1v) is 6.79. The van der Waals surface area contributed by atoms with Gasteiger partial charge in [-0.2, -0.15) is 5.10 Å². The minimum atomic E-state index is 0.0770. The molecule has 2 heterocycles. The van der Waals surface area contributed by atoms with Crippen LogP contribution in [0.25, 0.3) is 0 Å². The van der Waals surface area contributed by atoms with E-state index in [1.807, 2.05) is 12.3 Å². The zero-order valence-corrected chi connectivity index (χ0v) is 10.5. The molecule has 3 rings (SSSR count). The average Bonchev–Trinajstić information content (AvgIpc) is 2.98. The Hall–Kier alpha value is -1.36. The Morgan fingerprint density at radius 1 is 1.39 bits per heavy atom. The number of carbonyl (C=O) groups is 1. The molecule has 98 valence electrons. The molecule has 1 saturated carbocycles. The van der Waals surface area contributed by atoms with Gasteiger partial charge in [0.15, 0.2) is 0 Å². The summed E-state index contributed by atoms with van der Waals surface area (Å²) in [7, 11) is 0. The van der Waals surface area contributed by atoms with Crippen LogP contribution in [0.2, 0.25) is 0 Å². The van der Waals surface area contributed by atoms with E-state index in [-0.39, 0.29) is 5.91 Å². The van der Waals surface area contributed by atoms with E-state index in [0.29, 0.717) is 12.6 Å². The Kier molecular flexibility index (Phi) is 3.32. The van der Waals surface area contributed by atoms with Gasteiger partial charge in [-0.25, -0.2) is 0 Å². The molecule has 0 aromatic carbocycles. The van der Waals surface area contributed by atoms with Crippen LogP contribution >= 0.6 is 0 Å². The molecule has 0 bridgehead atoms. The molecular formula is C13H20N4O. The van der Waals surface area contributed by atoms with E-state index in [9.17, 15) is 4.79 Å². The molecule has 1 amide bonds. The molecule has 1 aliphatic heterocycles. The summed E-state index contributed by atoms with van der Waals surface area (Å²) in [5.74, 6) is 1.67. The van der Waals surface area contributed by atoms with E-state index in [1.54, 1.807) is 10.9 Å². The van der Waals surface area contributed by atoms with Gasteiger partial charge >= 0.3 is 0 Å². The molecular weight excluding hydrogens is 228 g/mol. The minimum Gasteiger partial charge on any atom is -0.352 e. The van der Waals surface area contributed by atoms with Gasteiger partial charge in [-0.15, -0.1) is 0 Å². The van der Waals surface area contributed by atoms with Crippen LogP contribution < -0.4 is 10.6 Å². The fraction of sp³-hybridized carbons (Fsp3) is 0.692. The number of rotatable bonds is 3. The van der Waals surface area contributed by atoms with Crippen molar-refractivity contribution in [3.8, 4) is 0 Å². The summed E-state index contributed by atoms with van der Waals surface area (Å²) < 4.78 is 1.66. The Morgan fingerprint density at radius 2 is 2.28 bits per heavy atom. The molecule has 1 aliphatic carbocycles. The highest BCUT2D eigenvalue weighted by Gasteiger charge is 2.34. The summed E-state index contributed by atoms with van der Waals surface area (Å²) in [6.45, 7) is 2.62. The van der Waals surface area contributed by atoms with E-state index in [1.165, 1.54) is 13.0 Å². The maximum atomic E-state index is 11.9. The van der Waals surface area contributed by atoms with Gasteiger partial charge in [0.25, 0.3) is 0 Å². The predicted molar refractivity (Wildman–Crippen MR) is 67.9 cm³/mol. The largest absolute Gasteiger partial charge is 0.352 e. The number of fused-ring (bicyclic) bond motifs is 1. The summed E-state index contributed by atoms with van der Waals surface area (Å²) in [5.41, 5.74) is 0. The van der Waals surface area contributed by atoms with Crippen molar-refractivity contribution in [2.24, 2.45) is 11.8 Å². The van der Waals surface area contributed by atoms with Crippen molar-refractivity contribution < 1.29 is 4.79 Å². The van der Waals surface area contributed by atoms with E-state index in [0.717, 1.165) is 31.2 Å². The van der Waals surface area contributed by atoms with Crippen LogP contribution in [-0.4, -0.2) is 34.8 Å². The summed E-state index contributed by atoms with van der Waals surface area (Å²) in [6.07, 6.45) is 7.00. The highest BCUT2D eigenvalue weighted by Crippen LogP contribution is 2.32. The smallest absolute Gasteiger partial charge is 0.241 e. The molecule has 2 aliphatic rings. The molecule has 0 spiro atoms. The molecule has 2 N–H and O–H groups in total. The number of hydrogen-bond acceptors (Lipinski definition) is 3. The second-order valence-corrected chi connectivity index (χ2v) is 5.46. The summed E-state index contributed by atoms with van der Waals surface area (Å²) >= 11 is 0. The normalized spacial score (nSPS) is 31.0. The Bertz CT molecular complexity index is 403. The quantitative estimate of drug-likeness (QED) is 0.813. The van der Waals surface area contributed by atoms with Gasteiger partial charge in [0.2, 0.25) is 5.91 Å². The standard InChI is InChI=1S/C13H20N4O/c18-13(9-17-5-1-4-15-17)16-12-3-2-10-7-14-8-11(10)6-12/h1,4-5,10-12,14H,2-3,6-9H2,(H,16,18)/t10-,11+,12?/m0/s1. The Morgan fingerprint density at radius 3 is 3.11 bits per heavy atom. The van der Waals surface area contributed by atoms with Gasteiger partial charge in [0, 0.05) is 18.4 Å². The van der Waals surface area contributed by atoms with Crippen LogP contribution in [-0.2, 0) is 11.3 Å². The number of aromatic nitrogens is 2. The highest BCUT2D eigenvalue weighted by molar-refractivity contribution is 5.75. The number of nitrogens with one attached hydrogen (secondary N) is 2. The molecule has 1 saturated heterocycles. The fourth-order valence-electron chi connectivity index (χ4n) is 3.25. The van der Waals surface area contributed by atoms with Gasteiger partial charge in [0.1, 0.15) is 6.54 Å². The second-order valence-electron chi connectivity index (χ2n) is 5.46. The van der Waals surface area contributed by atoms with Crippen molar-refractivity contribution in [2.45, 2.75) is 31.8 Å². The van der Waals surface area contributed by atoms with Crippen LogP contribution in [0.3, 0.4) is 0 Å². The number of carbonyl (C=O) groups excluding carboxylic acids is 1. The van der Waals surface area contributed by atoms with Crippen molar-refractivity contribution >= 4 is 5.91 Å². The van der Waals surface area contributed by atoms with Crippen LogP contribution in [0.15, 0.2) is 18.5 Å². The number of amides is 1. The second kappa shape index (κ2) is 5.10. The van der Waals surface area contributed by atoms with Gasteiger partial charge in [-0.1, -0.05) is 0 Å². The van der Waals surface area contributed by atoms with Crippen LogP contribution in [0, 0.1) is 11.8 Å². The van der Waals surface area contributed by atoms with E-state index >= 15 is 0 Å². The summed E-state index contributed by atoms with van der Waals surface area (Å²) in [4.78, 5) is 11.9. The summed E-state index contributed by atoms with van der Waals surface area (Å²) in [5, 5.41) is 10.6. The number of hydrogen-bond donors (Lipinski definition) is 2. The summed E-state index contributed by atoms with van der Waals surface area (Å²) in [6, 6.07) is 2.19. The fourth-order valence-corrected chi connectivity index (χ4v) is 3.25. The third kappa shape index (κ3) is 2.56. The Labute approximate surface area is 107 Å². The lowest BCUT2D eigenvalue weighted by Crippen LogP contribution is -2.42. The molecule has 1 aromatic heterocycles. The lowest BCUT2D eigenvalue weighted by Gasteiger charge is -2.31. The van der Waals surface area contributed by atoms with Gasteiger partial charge in [-0.3, -0.25) is 9.48 Å². The molecule has 18 heavy (non-hydrogen) atoms. The van der Waals surface area contributed by atoms with Crippen molar-refractivity contribution in [1.29, 1.82) is 0 Å². The molecule has 5 nitrogen and oxygen atoms in total. The zero-order chi connectivity index (χ0) is 12.4. The molecule has 1 aromatic rings. The highest BCUT2D eigenvalue weighted by atomic mass is 16.2. The maximum Gasteiger partial charge on any atom is 0.241 e. The van der Waals surface area contributed by atoms with Gasteiger partial charge in [0.05, 0.1) is 0 Å². The molecule has 1 unspecified atom stereocenters. The molecule has 5 heteroatoms. The lowest BCUT2D eigenvalue weighted by molar-refractivity contribution is -0.122. The molecule has 3 atom stereocenters. The number of nitrogens with zero attached hydrogens (tertiary/aromatic N) is 2. The van der Waals surface area contributed by atoms with E-state index < -0.39 is 0 Å². The van der Waals surface area contributed by atoms with Gasteiger partial charge in [-0.05, 0) is 50.3 Å². The SMILES string of the molecule is O=C(Cn1cccn1)NC1CC[C@H]2CNC[C@H]2C1. The third-order valence-electron chi connectivity index (χ3n) is 4.18. The van der Waals surface area contributed by atoms with Crippen LogP contribution in [0.1, 0.15) is 19.3 Å². The lowest BCUT2D eigenvalue weighted by atomic mass is 9.79. The minimum absolute atomic E-state index is 0.0770. The van der Waals surface area contributed by atoms with Crippen LogP contribution in [0.4, 0.5) is 0 Å². The monoisotopic (exact) mass is 248 g/mol. The topological polar surface area (TPSA) is 59.0 Å². The third-order valence-corrected chi connectivity index (χ3v) is 4.18. The first kappa shape index (κ1) is 11.7. The molecule has 0 radical (unpaired) electrons.